The molecule has 1 atom stereocenters. The highest BCUT2D eigenvalue weighted by Crippen LogP contribution is 2.44. The SMILES string of the molecule is Cc1cc(C(C)c2ccccc2)c(OC(C)(C)C)c(C(c2ccccc2)c2ccccc2)c1. The third-order valence-electron chi connectivity index (χ3n) is 6.04. The second-order valence-electron chi connectivity index (χ2n) is 9.87. The molecule has 0 heterocycles. The molecular formula is C32H34O. The van der Waals surface area contributed by atoms with Crippen molar-refractivity contribution in [3.8, 4) is 5.75 Å². The van der Waals surface area contributed by atoms with Gasteiger partial charge in [-0.25, -0.2) is 0 Å². The minimum atomic E-state index is -0.312. The first kappa shape index (κ1) is 22.9. The monoisotopic (exact) mass is 434 g/mol. The Bertz CT molecular complexity index is 1130. The fourth-order valence-electron chi connectivity index (χ4n) is 4.55. The highest BCUT2D eigenvalue weighted by molar-refractivity contribution is 5.56. The van der Waals surface area contributed by atoms with E-state index in [1.165, 1.54) is 33.4 Å². The second kappa shape index (κ2) is 9.67. The average Bonchev–Trinajstić information content (AvgIpc) is 2.81. The fraction of sp³-hybridized carbons (Fsp3) is 0.250. The third kappa shape index (κ3) is 5.37. The molecule has 0 saturated heterocycles. The number of ether oxygens (including phenoxy) is 1. The first-order chi connectivity index (χ1) is 15.8. The van der Waals surface area contributed by atoms with Gasteiger partial charge in [0.1, 0.15) is 11.4 Å². The van der Waals surface area contributed by atoms with E-state index >= 15 is 0 Å². The summed E-state index contributed by atoms with van der Waals surface area (Å²) < 4.78 is 6.79. The molecule has 33 heavy (non-hydrogen) atoms. The van der Waals surface area contributed by atoms with E-state index in [2.05, 4.69) is 138 Å². The van der Waals surface area contributed by atoms with Crippen LogP contribution in [-0.2, 0) is 0 Å². The molecule has 1 unspecified atom stereocenters. The van der Waals surface area contributed by atoms with E-state index in [1.807, 2.05) is 0 Å². The second-order valence-corrected chi connectivity index (χ2v) is 9.87. The van der Waals surface area contributed by atoms with Crippen LogP contribution in [0.25, 0.3) is 0 Å². The van der Waals surface area contributed by atoms with Gasteiger partial charge in [-0.05, 0) is 44.4 Å². The number of hydrogen-bond acceptors (Lipinski definition) is 1. The summed E-state index contributed by atoms with van der Waals surface area (Å²) in [5, 5.41) is 0. The summed E-state index contributed by atoms with van der Waals surface area (Å²) in [7, 11) is 0. The normalized spacial score (nSPS) is 12.5. The van der Waals surface area contributed by atoms with E-state index in [0.717, 1.165) is 5.75 Å². The Labute approximate surface area is 199 Å². The molecule has 0 bridgehead atoms. The standard InChI is InChI=1S/C32H34O/c1-23-21-28(24(2)25-15-9-6-10-16-25)31(33-32(3,4)5)29(22-23)30(26-17-11-7-12-18-26)27-19-13-8-14-20-27/h6-22,24,30H,1-5H3. The number of benzene rings is 4. The summed E-state index contributed by atoms with van der Waals surface area (Å²) in [6.07, 6.45) is 0. The quantitative estimate of drug-likeness (QED) is 0.276. The van der Waals surface area contributed by atoms with Crippen molar-refractivity contribution < 1.29 is 4.74 Å². The molecule has 4 rings (SSSR count). The maximum absolute atomic E-state index is 6.79. The predicted octanol–water partition coefficient (Wildman–Crippen LogP) is 8.50. The van der Waals surface area contributed by atoms with Crippen LogP contribution < -0.4 is 4.74 Å². The van der Waals surface area contributed by atoms with Gasteiger partial charge in [-0.3, -0.25) is 0 Å². The van der Waals surface area contributed by atoms with Crippen LogP contribution in [0.4, 0.5) is 0 Å². The molecule has 1 heteroatoms. The molecule has 0 aliphatic rings. The molecule has 0 aromatic heterocycles. The lowest BCUT2D eigenvalue weighted by atomic mass is 9.81. The van der Waals surface area contributed by atoms with Crippen LogP contribution in [0, 0.1) is 6.92 Å². The molecule has 0 amide bonds. The van der Waals surface area contributed by atoms with Crippen LogP contribution in [-0.4, -0.2) is 5.60 Å². The summed E-state index contributed by atoms with van der Waals surface area (Å²) in [5.74, 6) is 1.31. The van der Waals surface area contributed by atoms with Gasteiger partial charge in [0.2, 0.25) is 0 Å². The van der Waals surface area contributed by atoms with Crippen molar-refractivity contribution >= 4 is 0 Å². The highest BCUT2D eigenvalue weighted by Gasteiger charge is 2.28. The lowest BCUT2D eigenvalue weighted by Crippen LogP contribution is -2.25. The van der Waals surface area contributed by atoms with Gasteiger partial charge in [-0.2, -0.15) is 0 Å². The van der Waals surface area contributed by atoms with Gasteiger partial charge in [-0.15, -0.1) is 0 Å². The Morgan fingerprint density at radius 3 is 1.48 bits per heavy atom. The summed E-state index contributed by atoms with van der Waals surface area (Å²) in [6, 6.07) is 36.9. The zero-order chi connectivity index (χ0) is 23.4. The van der Waals surface area contributed by atoms with E-state index in [-0.39, 0.29) is 17.4 Å². The van der Waals surface area contributed by atoms with Gasteiger partial charge in [0.25, 0.3) is 0 Å². The van der Waals surface area contributed by atoms with Gasteiger partial charge >= 0.3 is 0 Å². The van der Waals surface area contributed by atoms with E-state index in [9.17, 15) is 0 Å². The van der Waals surface area contributed by atoms with Crippen molar-refractivity contribution in [2.75, 3.05) is 0 Å². The molecule has 0 spiro atoms. The highest BCUT2D eigenvalue weighted by atomic mass is 16.5. The smallest absolute Gasteiger partial charge is 0.128 e. The number of rotatable bonds is 6. The Hall–Kier alpha value is -3.32. The Morgan fingerprint density at radius 2 is 1.03 bits per heavy atom. The zero-order valence-corrected chi connectivity index (χ0v) is 20.4. The topological polar surface area (TPSA) is 9.23 Å². The van der Waals surface area contributed by atoms with E-state index in [4.69, 9.17) is 4.74 Å². The number of aryl methyl sites for hydroxylation is 1. The minimum Gasteiger partial charge on any atom is -0.488 e. The van der Waals surface area contributed by atoms with Gasteiger partial charge in [0.15, 0.2) is 0 Å². The molecular weight excluding hydrogens is 400 g/mol. The van der Waals surface area contributed by atoms with Crippen LogP contribution >= 0.6 is 0 Å². The maximum Gasteiger partial charge on any atom is 0.128 e. The molecule has 0 N–H and O–H groups in total. The summed E-state index contributed by atoms with van der Waals surface area (Å²) in [5.41, 5.74) is 7.23. The van der Waals surface area contributed by atoms with Crippen LogP contribution in [0.2, 0.25) is 0 Å². The molecule has 1 nitrogen and oxygen atoms in total. The van der Waals surface area contributed by atoms with E-state index in [1.54, 1.807) is 0 Å². The van der Waals surface area contributed by atoms with Gasteiger partial charge < -0.3 is 4.74 Å². The molecule has 0 saturated carbocycles. The first-order valence-electron chi connectivity index (χ1n) is 11.8. The lowest BCUT2D eigenvalue weighted by Gasteiger charge is -2.31. The first-order valence-corrected chi connectivity index (χ1v) is 11.8. The average molecular weight is 435 g/mol. The largest absolute Gasteiger partial charge is 0.488 e. The van der Waals surface area contributed by atoms with Crippen LogP contribution in [0.15, 0.2) is 103 Å². The maximum atomic E-state index is 6.79. The molecule has 4 aromatic carbocycles. The van der Waals surface area contributed by atoms with Crippen molar-refractivity contribution in [2.24, 2.45) is 0 Å². The molecule has 4 aromatic rings. The minimum absolute atomic E-state index is 0.0892. The van der Waals surface area contributed by atoms with Crippen LogP contribution in [0.1, 0.15) is 72.9 Å². The van der Waals surface area contributed by atoms with E-state index in [0.29, 0.717) is 0 Å². The molecule has 0 fully saturated rings. The molecule has 0 aliphatic heterocycles. The van der Waals surface area contributed by atoms with Crippen molar-refractivity contribution in [1.82, 2.24) is 0 Å². The van der Waals surface area contributed by atoms with Crippen LogP contribution in [0.3, 0.4) is 0 Å². The summed E-state index contributed by atoms with van der Waals surface area (Å²) in [4.78, 5) is 0. The van der Waals surface area contributed by atoms with E-state index < -0.39 is 0 Å². The van der Waals surface area contributed by atoms with Crippen molar-refractivity contribution in [3.05, 3.63) is 137 Å². The van der Waals surface area contributed by atoms with Gasteiger partial charge in [-0.1, -0.05) is 116 Å². The van der Waals surface area contributed by atoms with Crippen molar-refractivity contribution in [3.63, 3.8) is 0 Å². The third-order valence-corrected chi connectivity index (χ3v) is 6.04. The van der Waals surface area contributed by atoms with Crippen molar-refractivity contribution in [1.29, 1.82) is 0 Å². The van der Waals surface area contributed by atoms with Gasteiger partial charge in [0, 0.05) is 23.0 Å². The molecule has 0 aliphatic carbocycles. The Kier molecular flexibility index (Phi) is 6.70. The number of hydrogen-bond donors (Lipinski definition) is 0. The van der Waals surface area contributed by atoms with Gasteiger partial charge in [0.05, 0.1) is 0 Å². The summed E-state index contributed by atoms with van der Waals surface area (Å²) in [6.45, 7) is 10.9. The van der Waals surface area contributed by atoms with Crippen LogP contribution in [0.5, 0.6) is 5.75 Å². The molecule has 168 valence electrons. The lowest BCUT2D eigenvalue weighted by molar-refractivity contribution is 0.127. The zero-order valence-electron chi connectivity index (χ0n) is 20.4. The fourth-order valence-corrected chi connectivity index (χ4v) is 4.55. The molecule has 0 radical (unpaired) electrons. The Balaban J connectivity index is 1.98. The Morgan fingerprint density at radius 1 is 0.606 bits per heavy atom. The van der Waals surface area contributed by atoms with Crippen molar-refractivity contribution in [2.45, 2.75) is 52.1 Å². The predicted molar refractivity (Wildman–Crippen MR) is 139 cm³/mol. The summed E-state index contributed by atoms with van der Waals surface area (Å²) >= 11 is 0.